The van der Waals surface area contributed by atoms with E-state index in [-0.39, 0.29) is 11.5 Å². The van der Waals surface area contributed by atoms with E-state index in [1.54, 1.807) is 0 Å². The maximum atomic E-state index is 4.70. The first-order valence-corrected chi connectivity index (χ1v) is 26.7. The smallest absolute Gasteiger partial charge is 0.0742 e. The molecule has 13 rings (SSSR count). The molecule has 3 heterocycles. The highest BCUT2D eigenvalue weighted by atomic mass is 32.2. The summed E-state index contributed by atoms with van der Waals surface area (Å²) < 4.78 is 0. The van der Waals surface area contributed by atoms with E-state index in [2.05, 4.69) is 239 Å². The van der Waals surface area contributed by atoms with Crippen LogP contribution in [0.1, 0.15) is 76.3 Å². The Bertz CT molecular complexity index is 3870. The molecule has 0 bridgehead atoms. The van der Waals surface area contributed by atoms with Gasteiger partial charge in [0.15, 0.2) is 0 Å². The first-order valence-electron chi connectivity index (χ1n) is 25.9. The number of anilines is 5. The van der Waals surface area contributed by atoms with Gasteiger partial charge >= 0.3 is 0 Å². The van der Waals surface area contributed by atoms with Crippen LogP contribution < -0.4 is 9.80 Å². The zero-order valence-corrected chi connectivity index (χ0v) is 43.4. The largest absolute Gasteiger partial charge is 0.337 e. The van der Waals surface area contributed by atoms with E-state index in [0.29, 0.717) is 11.8 Å². The zero-order chi connectivity index (χ0) is 49.8. The summed E-state index contributed by atoms with van der Waals surface area (Å²) in [6.45, 7) is 16.3. The normalized spacial score (nSPS) is 14.3. The number of hydrogen-bond acceptors (Lipinski definition) is 5. The van der Waals surface area contributed by atoms with Gasteiger partial charge in [0.05, 0.1) is 29.2 Å². The highest BCUT2D eigenvalue weighted by Crippen LogP contribution is 2.66. The van der Waals surface area contributed by atoms with Gasteiger partial charge in [-0.15, -0.1) is 0 Å². The van der Waals surface area contributed by atoms with Crippen molar-refractivity contribution in [1.82, 2.24) is 9.97 Å². The van der Waals surface area contributed by atoms with Gasteiger partial charge in [-0.25, -0.2) is 0 Å². The summed E-state index contributed by atoms with van der Waals surface area (Å²) in [5.41, 5.74) is 13.9. The molecule has 0 unspecified atom stereocenters. The van der Waals surface area contributed by atoms with E-state index in [1.165, 1.54) is 97.5 Å². The van der Waals surface area contributed by atoms with Gasteiger partial charge in [0.2, 0.25) is 0 Å². The number of aromatic nitrogens is 2. The maximum absolute atomic E-state index is 4.70. The molecular formula is C68H58N4S. The van der Waals surface area contributed by atoms with E-state index >= 15 is 0 Å². The molecule has 2 aliphatic rings. The molecule has 0 N–H and O–H groups in total. The van der Waals surface area contributed by atoms with Crippen molar-refractivity contribution in [2.45, 2.75) is 75.1 Å². The molecule has 0 radical (unpaired) electrons. The van der Waals surface area contributed by atoms with Crippen LogP contribution in [0.25, 0.3) is 54.2 Å². The monoisotopic (exact) mass is 962 g/mol. The fourth-order valence-electron chi connectivity index (χ4n) is 12.3. The lowest BCUT2D eigenvalue weighted by Gasteiger charge is -2.41. The van der Waals surface area contributed by atoms with E-state index in [4.69, 9.17) is 4.98 Å². The van der Waals surface area contributed by atoms with Crippen molar-refractivity contribution in [2.24, 2.45) is 11.8 Å². The lowest BCUT2D eigenvalue weighted by atomic mass is 9.65. The van der Waals surface area contributed by atoms with Crippen LogP contribution in [0, 0.1) is 11.8 Å². The number of rotatable bonds is 8. The minimum atomic E-state index is -0.729. The van der Waals surface area contributed by atoms with Gasteiger partial charge in [-0.1, -0.05) is 150 Å². The minimum Gasteiger partial charge on any atom is -0.337 e. The molecule has 2 atom stereocenters. The molecule has 5 heteroatoms. The SMILES string of the molecule is CC(C)[C@@H](C)[C@H](C)N(c1cccnc1)c1ccc2c3c(c4ccccc4c2c1)-c1ccc(N(c2ccc(C(C)(C)C)cc2)c2cccnc2)cc1C31c2cc3ccccc3cc2Sc2cc3ccccc3cc21. The first-order chi connectivity index (χ1) is 35.5. The zero-order valence-electron chi connectivity index (χ0n) is 42.6. The molecule has 1 spiro atoms. The van der Waals surface area contributed by atoms with Crippen molar-refractivity contribution in [3.8, 4) is 11.1 Å². The minimum absolute atomic E-state index is 0.0195. The van der Waals surface area contributed by atoms with Gasteiger partial charge in [-0.05, 0) is 191 Å². The highest BCUT2D eigenvalue weighted by Gasteiger charge is 2.52. The summed E-state index contributed by atoms with van der Waals surface area (Å²) in [4.78, 5) is 16.9. The Balaban J connectivity index is 1.17. The molecule has 0 amide bonds. The van der Waals surface area contributed by atoms with Gasteiger partial charge < -0.3 is 9.80 Å². The van der Waals surface area contributed by atoms with Crippen LogP contribution in [-0.4, -0.2) is 16.0 Å². The number of fused-ring (bicyclic) bond motifs is 16. The van der Waals surface area contributed by atoms with Crippen molar-refractivity contribution in [2.75, 3.05) is 9.80 Å². The molecule has 0 saturated carbocycles. The van der Waals surface area contributed by atoms with Crippen LogP contribution in [0.15, 0.2) is 217 Å². The van der Waals surface area contributed by atoms with Gasteiger partial charge in [-0.3, -0.25) is 9.97 Å². The average molecular weight is 963 g/mol. The standard InChI is InChI=1S/C68H58N4S/c1-42(2)43(3)44(4)71(53-20-14-32-69-40-53)51-28-30-57-59(38-51)55-22-12-13-23-56(55)65-58-31-29-52(72(54-21-15-33-70-41-54)50-26-24-49(25-27-50)67(5,6)7)39-60(58)68(66(57)65)61-34-45-16-8-10-18-47(45)36-63(61)73-64-37-48-19-11-9-17-46(48)35-62(64)68/h8-44H,1-7H3/t43-,44+/m1/s1. The first kappa shape index (κ1) is 45.2. The quantitative estimate of drug-likeness (QED) is 0.142. The van der Waals surface area contributed by atoms with Crippen molar-refractivity contribution in [3.63, 3.8) is 0 Å². The number of nitrogens with zero attached hydrogens (tertiary/aromatic N) is 4. The molecular weight excluding hydrogens is 905 g/mol. The van der Waals surface area contributed by atoms with E-state index in [9.17, 15) is 0 Å². The van der Waals surface area contributed by atoms with Crippen molar-refractivity contribution >= 4 is 83.3 Å². The maximum Gasteiger partial charge on any atom is 0.0742 e. The summed E-state index contributed by atoms with van der Waals surface area (Å²) in [7, 11) is 0. The highest BCUT2D eigenvalue weighted by molar-refractivity contribution is 7.99. The van der Waals surface area contributed by atoms with Crippen LogP contribution >= 0.6 is 11.8 Å². The van der Waals surface area contributed by atoms with Crippen molar-refractivity contribution in [3.05, 3.63) is 235 Å². The molecule has 2 aromatic heterocycles. The molecule has 73 heavy (non-hydrogen) atoms. The molecule has 0 saturated heterocycles. The Morgan fingerprint density at radius 1 is 0.466 bits per heavy atom. The van der Waals surface area contributed by atoms with Crippen LogP contribution in [-0.2, 0) is 10.8 Å². The molecule has 11 aromatic rings. The number of hydrogen-bond donors (Lipinski definition) is 0. The predicted octanol–water partition coefficient (Wildman–Crippen LogP) is 18.5. The molecule has 1 aliphatic carbocycles. The van der Waals surface area contributed by atoms with Gasteiger partial charge in [-0.2, -0.15) is 0 Å². The lowest BCUT2D eigenvalue weighted by Crippen LogP contribution is -2.36. The summed E-state index contributed by atoms with van der Waals surface area (Å²) in [6.07, 6.45) is 7.75. The number of pyridine rings is 2. The van der Waals surface area contributed by atoms with Gasteiger partial charge in [0, 0.05) is 45.3 Å². The van der Waals surface area contributed by atoms with Gasteiger partial charge in [0.25, 0.3) is 0 Å². The van der Waals surface area contributed by atoms with Gasteiger partial charge in [0.1, 0.15) is 0 Å². The van der Waals surface area contributed by atoms with Crippen molar-refractivity contribution < 1.29 is 0 Å². The average Bonchev–Trinajstić information content (AvgIpc) is 3.72. The summed E-state index contributed by atoms with van der Waals surface area (Å²) in [5.74, 6) is 0.912. The van der Waals surface area contributed by atoms with Crippen LogP contribution in [0.4, 0.5) is 28.4 Å². The lowest BCUT2D eigenvalue weighted by molar-refractivity contribution is 0.359. The van der Waals surface area contributed by atoms with Crippen LogP contribution in [0.3, 0.4) is 0 Å². The second-order valence-corrected chi connectivity index (χ2v) is 22.9. The fourth-order valence-corrected chi connectivity index (χ4v) is 13.6. The Hall–Kier alpha value is -7.73. The van der Waals surface area contributed by atoms with E-state index < -0.39 is 5.41 Å². The Morgan fingerprint density at radius 2 is 1.03 bits per heavy atom. The summed E-state index contributed by atoms with van der Waals surface area (Å²) in [6, 6.07) is 69.5. The third-order valence-corrected chi connectivity index (χ3v) is 17.5. The molecule has 4 nitrogen and oxygen atoms in total. The molecule has 9 aromatic carbocycles. The fraction of sp³-hybridized carbons (Fsp3) is 0.176. The second kappa shape index (κ2) is 17.2. The van der Waals surface area contributed by atoms with Crippen molar-refractivity contribution in [1.29, 1.82) is 0 Å². The van der Waals surface area contributed by atoms with Crippen LogP contribution in [0.5, 0.6) is 0 Å². The third-order valence-electron chi connectivity index (χ3n) is 16.4. The Labute approximate surface area is 433 Å². The Kier molecular flexibility index (Phi) is 10.6. The number of benzene rings is 9. The topological polar surface area (TPSA) is 32.3 Å². The van der Waals surface area contributed by atoms with E-state index in [0.717, 1.165) is 22.7 Å². The van der Waals surface area contributed by atoms with E-state index in [1.807, 2.05) is 42.6 Å². The molecule has 1 aliphatic heterocycles. The molecule has 0 fully saturated rings. The van der Waals surface area contributed by atoms with Crippen LogP contribution in [0.2, 0.25) is 0 Å². The summed E-state index contributed by atoms with van der Waals surface area (Å²) >= 11 is 1.92. The summed E-state index contributed by atoms with van der Waals surface area (Å²) in [5, 5.41) is 9.98. The Morgan fingerprint density at radius 3 is 1.62 bits per heavy atom. The molecule has 356 valence electrons. The second-order valence-electron chi connectivity index (χ2n) is 21.8. The predicted molar refractivity (Wildman–Crippen MR) is 309 cm³/mol. The third kappa shape index (κ3) is 7.11.